The zero-order chi connectivity index (χ0) is 25.5. The Morgan fingerprint density at radius 1 is 1.28 bits per heavy atom. The highest BCUT2D eigenvalue weighted by molar-refractivity contribution is 5.97. The molecule has 1 aliphatic carbocycles. The van der Waals surface area contributed by atoms with Gasteiger partial charge in [0.05, 0.1) is 12.6 Å². The molecule has 36 heavy (non-hydrogen) atoms. The van der Waals surface area contributed by atoms with E-state index >= 15 is 0 Å². The van der Waals surface area contributed by atoms with Gasteiger partial charge >= 0.3 is 0 Å². The van der Waals surface area contributed by atoms with Crippen molar-refractivity contribution in [1.82, 2.24) is 19.8 Å². The van der Waals surface area contributed by atoms with Crippen LogP contribution in [0.25, 0.3) is 0 Å². The van der Waals surface area contributed by atoms with Crippen LogP contribution in [-0.2, 0) is 6.54 Å². The van der Waals surface area contributed by atoms with Crippen LogP contribution in [0.5, 0.6) is 5.88 Å². The zero-order valence-electron chi connectivity index (χ0n) is 21.7. The van der Waals surface area contributed by atoms with E-state index in [0.717, 1.165) is 30.5 Å². The van der Waals surface area contributed by atoms with E-state index in [1.807, 2.05) is 25.3 Å². The first-order chi connectivity index (χ1) is 17.4. The standard InChI is InChI=1S/C29H38N4O3/c1-21-17-33(22(2)20-34)29(35)26-14-24(12-11-23-8-5-4-6-9-23)16-31-28(26)36-27(21)19-32(3)18-25-10-7-13-30-15-25/h7,10,13-16,21-23,27,34H,4-6,8-9,17-20H2,1-3H3/t21-,22+,27+/m1/s1. The number of carbonyl (C=O) groups is 1. The number of ether oxygens (including phenoxy) is 1. The summed E-state index contributed by atoms with van der Waals surface area (Å²) >= 11 is 0. The minimum absolute atomic E-state index is 0.0417. The number of fused-ring (bicyclic) bond motifs is 1. The Labute approximate surface area is 214 Å². The molecule has 4 rings (SSSR count). The molecule has 3 heterocycles. The molecule has 2 aliphatic rings. The smallest absolute Gasteiger partial charge is 0.259 e. The van der Waals surface area contributed by atoms with Crippen LogP contribution in [0.4, 0.5) is 0 Å². The maximum atomic E-state index is 13.6. The quantitative estimate of drug-likeness (QED) is 0.622. The fourth-order valence-electron chi connectivity index (χ4n) is 5.00. The van der Waals surface area contributed by atoms with Gasteiger partial charge in [-0.25, -0.2) is 4.98 Å². The Hall–Kier alpha value is -2.95. The van der Waals surface area contributed by atoms with E-state index in [1.165, 1.54) is 19.3 Å². The molecule has 0 bridgehead atoms. The van der Waals surface area contributed by atoms with Gasteiger partial charge < -0.3 is 14.7 Å². The first-order valence-electron chi connectivity index (χ1n) is 13.1. The van der Waals surface area contributed by atoms with Crippen LogP contribution in [-0.4, -0.2) is 69.7 Å². The first kappa shape index (κ1) is 26.1. The highest BCUT2D eigenvalue weighted by atomic mass is 16.5. The van der Waals surface area contributed by atoms with Crippen molar-refractivity contribution in [3.63, 3.8) is 0 Å². The third-order valence-corrected chi connectivity index (χ3v) is 7.21. The van der Waals surface area contributed by atoms with Gasteiger partial charge in [-0.3, -0.25) is 14.7 Å². The molecule has 7 nitrogen and oxygen atoms in total. The topological polar surface area (TPSA) is 78.8 Å². The summed E-state index contributed by atoms with van der Waals surface area (Å²) < 4.78 is 6.41. The molecule has 1 N–H and O–H groups in total. The van der Waals surface area contributed by atoms with Gasteiger partial charge in [-0.2, -0.15) is 0 Å². The van der Waals surface area contributed by atoms with Crippen LogP contribution in [0.1, 0.15) is 67.4 Å². The second-order valence-corrected chi connectivity index (χ2v) is 10.4. The Morgan fingerprint density at radius 3 is 2.81 bits per heavy atom. The number of pyridine rings is 2. The number of likely N-dealkylation sites (N-methyl/N-ethyl adjacent to an activating group) is 1. The number of hydrogen-bond acceptors (Lipinski definition) is 6. The predicted molar refractivity (Wildman–Crippen MR) is 139 cm³/mol. The van der Waals surface area contributed by atoms with Crippen LogP contribution in [0, 0.1) is 23.7 Å². The van der Waals surface area contributed by atoms with Crippen molar-refractivity contribution in [2.24, 2.45) is 11.8 Å². The molecule has 1 fully saturated rings. The summed E-state index contributed by atoms with van der Waals surface area (Å²) in [7, 11) is 2.05. The van der Waals surface area contributed by atoms with E-state index in [0.29, 0.717) is 30.5 Å². The summed E-state index contributed by atoms with van der Waals surface area (Å²) in [6.45, 7) is 5.75. The van der Waals surface area contributed by atoms with Gasteiger partial charge in [0.1, 0.15) is 11.7 Å². The van der Waals surface area contributed by atoms with Crippen LogP contribution in [0.2, 0.25) is 0 Å². The van der Waals surface area contributed by atoms with Gasteiger partial charge in [-0.05, 0) is 44.5 Å². The lowest BCUT2D eigenvalue weighted by molar-refractivity contribution is 0.0325. The van der Waals surface area contributed by atoms with Crippen molar-refractivity contribution in [3.05, 3.63) is 53.5 Å². The zero-order valence-corrected chi connectivity index (χ0v) is 21.7. The number of aromatic nitrogens is 2. The monoisotopic (exact) mass is 490 g/mol. The molecule has 0 saturated heterocycles. The average Bonchev–Trinajstić information content (AvgIpc) is 2.90. The van der Waals surface area contributed by atoms with Gasteiger partial charge in [0.25, 0.3) is 5.91 Å². The summed E-state index contributed by atoms with van der Waals surface area (Å²) in [5, 5.41) is 9.88. The van der Waals surface area contributed by atoms with E-state index < -0.39 is 0 Å². The van der Waals surface area contributed by atoms with E-state index in [2.05, 4.69) is 46.7 Å². The molecule has 2 aromatic heterocycles. The fourth-order valence-corrected chi connectivity index (χ4v) is 5.00. The molecule has 7 heteroatoms. The highest BCUT2D eigenvalue weighted by Crippen LogP contribution is 2.28. The van der Waals surface area contributed by atoms with Gasteiger partial charge in [-0.15, -0.1) is 0 Å². The fraction of sp³-hybridized carbons (Fsp3) is 0.552. The molecule has 0 spiro atoms. The van der Waals surface area contributed by atoms with E-state index in [9.17, 15) is 9.90 Å². The van der Waals surface area contributed by atoms with Gasteiger partial charge in [0, 0.05) is 55.6 Å². The van der Waals surface area contributed by atoms with E-state index in [-0.39, 0.29) is 30.6 Å². The number of carbonyl (C=O) groups excluding carboxylic acids is 1. The molecule has 1 aliphatic heterocycles. The Balaban J connectivity index is 1.59. The summed E-state index contributed by atoms with van der Waals surface area (Å²) in [6.07, 6.45) is 11.2. The molecule has 3 atom stereocenters. The lowest BCUT2D eigenvalue weighted by Gasteiger charge is -2.37. The maximum absolute atomic E-state index is 13.6. The molecule has 2 aromatic rings. The lowest BCUT2D eigenvalue weighted by Crippen LogP contribution is -2.49. The van der Waals surface area contributed by atoms with Crippen molar-refractivity contribution in [2.75, 3.05) is 26.7 Å². The van der Waals surface area contributed by atoms with Crippen LogP contribution in [0.3, 0.4) is 0 Å². The third kappa shape index (κ3) is 6.63. The number of hydrogen-bond donors (Lipinski definition) is 1. The van der Waals surface area contributed by atoms with Gasteiger partial charge in [-0.1, -0.05) is 44.1 Å². The number of aliphatic hydroxyl groups excluding tert-OH is 1. The molecule has 0 unspecified atom stereocenters. The average molecular weight is 491 g/mol. The molecule has 1 amide bonds. The molecular weight excluding hydrogens is 452 g/mol. The minimum atomic E-state index is -0.309. The highest BCUT2D eigenvalue weighted by Gasteiger charge is 2.34. The maximum Gasteiger partial charge on any atom is 0.259 e. The number of nitrogens with zero attached hydrogens (tertiary/aromatic N) is 4. The molecular formula is C29H38N4O3. The number of amides is 1. The Bertz CT molecular complexity index is 1070. The molecule has 192 valence electrons. The Kier molecular flexibility index (Phi) is 8.95. The summed E-state index contributed by atoms with van der Waals surface area (Å²) in [5.41, 5.74) is 2.27. The van der Waals surface area contributed by atoms with Crippen molar-refractivity contribution >= 4 is 5.91 Å². The second kappa shape index (κ2) is 12.3. The Morgan fingerprint density at radius 2 is 2.08 bits per heavy atom. The van der Waals surface area contributed by atoms with Crippen LogP contribution in [0.15, 0.2) is 36.8 Å². The largest absolute Gasteiger partial charge is 0.472 e. The van der Waals surface area contributed by atoms with Crippen LogP contribution < -0.4 is 4.74 Å². The van der Waals surface area contributed by atoms with Crippen LogP contribution >= 0.6 is 0 Å². The van der Waals surface area contributed by atoms with Crippen molar-refractivity contribution in [3.8, 4) is 17.7 Å². The normalized spacial score (nSPS) is 21.6. The lowest BCUT2D eigenvalue weighted by atomic mass is 9.90. The third-order valence-electron chi connectivity index (χ3n) is 7.21. The second-order valence-electron chi connectivity index (χ2n) is 10.4. The molecule has 1 saturated carbocycles. The van der Waals surface area contributed by atoms with E-state index in [4.69, 9.17) is 4.74 Å². The summed E-state index contributed by atoms with van der Waals surface area (Å²) in [4.78, 5) is 26.3. The van der Waals surface area contributed by atoms with Crippen molar-refractivity contribution < 1.29 is 14.6 Å². The predicted octanol–water partition coefficient (Wildman–Crippen LogP) is 3.76. The summed E-state index contributed by atoms with van der Waals surface area (Å²) in [5.74, 6) is 7.27. The summed E-state index contributed by atoms with van der Waals surface area (Å²) in [6, 6.07) is 5.50. The van der Waals surface area contributed by atoms with Crippen molar-refractivity contribution in [2.45, 2.75) is 64.6 Å². The van der Waals surface area contributed by atoms with Crippen molar-refractivity contribution in [1.29, 1.82) is 0 Å². The number of rotatable bonds is 6. The first-order valence-corrected chi connectivity index (χ1v) is 13.1. The molecule has 0 aromatic carbocycles. The number of aliphatic hydroxyl groups is 1. The van der Waals surface area contributed by atoms with Gasteiger partial charge in [0.15, 0.2) is 0 Å². The SMILES string of the molecule is C[C@@H]1CN([C@@H](C)CO)C(=O)c2cc(C#CC3CCCCC3)cnc2O[C@H]1CN(C)Cc1cccnc1. The minimum Gasteiger partial charge on any atom is -0.472 e. The molecule has 0 radical (unpaired) electrons. The van der Waals surface area contributed by atoms with E-state index in [1.54, 1.807) is 17.3 Å². The van der Waals surface area contributed by atoms with Gasteiger partial charge in [0.2, 0.25) is 5.88 Å².